The number of fused-ring (bicyclic) bond motifs is 2. The summed E-state index contributed by atoms with van der Waals surface area (Å²) in [5.74, 6) is -0.511. The van der Waals surface area contributed by atoms with Crippen molar-refractivity contribution >= 4 is 17.0 Å². The van der Waals surface area contributed by atoms with Gasteiger partial charge in [-0.3, -0.25) is 4.90 Å². The van der Waals surface area contributed by atoms with E-state index in [1.165, 1.54) is 18.3 Å². The van der Waals surface area contributed by atoms with Crippen molar-refractivity contribution in [2.45, 2.75) is 62.8 Å². The number of ether oxygens (including phenoxy) is 3. The van der Waals surface area contributed by atoms with Crippen molar-refractivity contribution in [3.8, 4) is 17.7 Å². The molecule has 13 heteroatoms. The van der Waals surface area contributed by atoms with Gasteiger partial charge in [-0.1, -0.05) is 0 Å². The lowest BCUT2D eigenvalue weighted by Gasteiger charge is -2.58. The Morgan fingerprint density at radius 1 is 1.18 bits per heavy atom. The number of likely N-dealkylation sites (tertiary alicyclic amines) is 1. The average molecular weight is 617 g/mol. The monoisotopic (exact) mass is 616 g/mol. The molecule has 1 saturated carbocycles. The first-order valence-electron chi connectivity index (χ1n) is 14.8. The minimum absolute atomic E-state index is 0.0301. The quantitative estimate of drug-likeness (QED) is 0.273. The summed E-state index contributed by atoms with van der Waals surface area (Å²) in [5, 5.41) is 18.4. The highest BCUT2D eigenvalue weighted by Crippen LogP contribution is 2.53. The van der Waals surface area contributed by atoms with Gasteiger partial charge in [-0.25, -0.2) is 23.5 Å². The molecule has 0 unspecified atom stereocenters. The van der Waals surface area contributed by atoms with E-state index in [1.54, 1.807) is 24.3 Å². The van der Waals surface area contributed by atoms with Gasteiger partial charge in [-0.05, 0) is 55.7 Å². The molecule has 0 radical (unpaired) electrons. The van der Waals surface area contributed by atoms with E-state index in [1.807, 2.05) is 15.5 Å². The van der Waals surface area contributed by atoms with Crippen LogP contribution in [0.1, 0.15) is 53.3 Å². The molecular weight excluding hydrogens is 586 g/mol. The van der Waals surface area contributed by atoms with Crippen LogP contribution in [0.4, 0.5) is 8.78 Å². The van der Waals surface area contributed by atoms with Crippen molar-refractivity contribution in [3.05, 3.63) is 77.3 Å². The predicted molar refractivity (Wildman–Crippen MR) is 155 cm³/mol. The molecule has 2 aromatic carbocycles. The van der Waals surface area contributed by atoms with Crippen LogP contribution < -0.4 is 9.47 Å². The number of nitrogens with zero attached hydrogens (tertiary/aromatic N) is 6. The van der Waals surface area contributed by atoms with E-state index in [2.05, 4.69) is 9.97 Å². The lowest BCUT2D eigenvalue weighted by atomic mass is 9.62. The fourth-order valence-corrected chi connectivity index (χ4v) is 6.35. The van der Waals surface area contributed by atoms with Crippen molar-refractivity contribution in [2.75, 3.05) is 19.7 Å². The molecule has 45 heavy (non-hydrogen) atoms. The Labute approximate surface area is 257 Å². The van der Waals surface area contributed by atoms with Crippen LogP contribution in [0, 0.1) is 17.1 Å². The van der Waals surface area contributed by atoms with Gasteiger partial charge in [-0.15, -0.1) is 0 Å². The zero-order valence-electron chi connectivity index (χ0n) is 24.3. The van der Waals surface area contributed by atoms with Crippen molar-refractivity contribution in [2.24, 2.45) is 0 Å². The van der Waals surface area contributed by atoms with Crippen LogP contribution in [0.25, 0.3) is 11.0 Å². The second-order valence-electron chi connectivity index (χ2n) is 11.8. The predicted octanol–water partition coefficient (Wildman–Crippen LogP) is 4.43. The molecule has 0 amide bonds. The molecule has 3 atom stereocenters. The summed E-state index contributed by atoms with van der Waals surface area (Å²) in [5.41, 5.74) is -0.868. The average Bonchev–Trinajstić information content (AvgIpc) is 3.34. The summed E-state index contributed by atoms with van der Waals surface area (Å²) in [6, 6.07) is 12.2. The maximum Gasteiger partial charge on any atom is 0.335 e. The van der Waals surface area contributed by atoms with Crippen molar-refractivity contribution in [1.82, 2.24) is 24.4 Å². The van der Waals surface area contributed by atoms with E-state index < -0.39 is 23.1 Å². The number of aromatic nitrogens is 4. The zero-order chi connectivity index (χ0) is 31.2. The summed E-state index contributed by atoms with van der Waals surface area (Å²) in [6.45, 7) is 2.22. The van der Waals surface area contributed by atoms with Crippen LogP contribution in [0.2, 0.25) is 0 Å². The normalized spacial score (nSPS) is 24.2. The third-order valence-electron chi connectivity index (χ3n) is 9.06. The van der Waals surface area contributed by atoms with E-state index in [4.69, 9.17) is 24.5 Å². The number of imidazole rings is 1. The number of hydrogen-bond donors (Lipinski definition) is 1. The van der Waals surface area contributed by atoms with E-state index in [0.29, 0.717) is 51.0 Å². The maximum absolute atomic E-state index is 16.5. The zero-order valence-corrected chi connectivity index (χ0v) is 24.3. The lowest BCUT2D eigenvalue weighted by molar-refractivity contribution is -0.201. The summed E-state index contributed by atoms with van der Waals surface area (Å²) in [4.78, 5) is 27.0. The van der Waals surface area contributed by atoms with Gasteiger partial charge in [0.25, 0.3) is 0 Å². The number of aromatic carboxylic acids is 1. The molecule has 11 nitrogen and oxygen atoms in total. The highest BCUT2D eigenvalue weighted by Gasteiger charge is 2.65. The Kier molecular flexibility index (Phi) is 7.33. The molecule has 4 aromatic rings. The van der Waals surface area contributed by atoms with E-state index in [-0.39, 0.29) is 47.8 Å². The van der Waals surface area contributed by atoms with Crippen LogP contribution in [-0.2, 0) is 24.4 Å². The number of carboxylic acid groups (broad SMARTS) is 1. The molecule has 1 aliphatic carbocycles. The van der Waals surface area contributed by atoms with Crippen molar-refractivity contribution in [1.29, 1.82) is 5.26 Å². The van der Waals surface area contributed by atoms with E-state index in [9.17, 15) is 14.3 Å². The molecule has 0 spiro atoms. The van der Waals surface area contributed by atoms with E-state index in [0.717, 1.165) is 23.8 Å². The Hall–Kier alpha value is -4.67. The molecule has 232 valence electrons. The Bertz CT molecular complexity index is 1820. The number of hydrogen-bond acceptors (Lipinski definition) is 9. The van der Waals surface area contributed by atoms with Crippen molar-refractivity contribution in [3.63, 3.8) is 0 Å². The third kappa shape index (κ3) is 5.44. The van der Waals surface area contributed by atoms with Crippen LogP contribution in [-0.4, -0.2) is 72.6 Å². The molecule has 1 N–H and O–H groups in total. The van der Waals surface area contributed by atoms with Crippen LogP contribution >= 0.6 is 0 Å². The van der Waals surface area contributed by atoms with Gasteiger partial charge in [0.15, 0.2) is 23.1 Å². The Morgan fingerprint density at radius 3 is 2.73 bits per heavy atom. The first-order chi connectivity index (χ1) is 21.7. The number of piperidine rings is 1. The van der Waals surface area contributed by atoms with Crippen LogP contribution in [0.5, 0.6) is 11.6 Å². The molecule has 7 rings (SSSR count). The number of alkyl halides is 1. The first kappa shape index (κ1) is 29.1. The van der Waals surface area contributed by atoms with Gasteiger partial charge in [0.2, 0.25) is 5.88 Å². The molecule has 3 aliphatic rings. The molecular formula is C32H30F2N6O5. The topological polar surface area (TPSA) is 136 Å². The number of benzene rings is 2. The number of carbonyl (C=O) groups is 1. The first-order valence-corrected chi connectivity index (χ1v) is 14.8. The second-order valence-corrected chi connectivity index (χ2v) is 11.8. The number of nitriles is 1. The minimum Gasteiger partial charge on any atom is -0.483 e. The fraction of sp³-hybridized carbons (Fsp3) is 0.406. The molecule has 2 saturated heterocycles. The fourth-order valence-electron chi connectivity index (χ4n) is 6.35. The molecule has 2 aliphatic heterocycles. The highest BCUT2D eigenvalue weighted by atomic mass is 19.1. The SMILES string of the molecule is N#Cc1ccc(OCc2nccc(O[C@]34CCN(Cc5nc6ccc(C(=O)O)cc6n5C[C@@H]5CCO5)C[C@]3(F)CC4)n2)c(F)c1. The van der Waals surface area contributed by atoms with Gasteiger partial charge in [0.05, 0.1) is 47.4 Å². The smallest absolute Gasteiger partial charge is 0.335 e. The van der Waals surface area contributed by atoms with Crippen molar-refractivity contribution < 1.29 is 32.9 Å². The van der Waals surface area contributed by atoms with Gasteiger partial charge < -0.3 is 23.9 Å². The lowest BCUT2D eigenvalue weighted by Crippen LogP contribution is -2.71. The molecule has 3 fully saturated rings. The summed E-state index contributed by atoms with van der Waals surface area (Å²) in [6.07, 6.45) is 3.76. The number of rotatable bonds is 10. The van der Waals surface area contributed by atoms with Gasteiger partial charge in [-0.2, -0.15) is 10.2 Å². The third-order valence-corrected chi connectivity index (χ3v) is 9.06. The van der Waals surface area contributed by atoms with Gasteiger partial charge in [0, 0.05) is 38.4 Å². The van der Waals surface area contributed by atoms with Gasteiger partial charge >= 0.3 is 5.97 Å². The van der Waals surface area contributed by atoms with Crippen LogP contribution in [0.15, 0.2) is 48.7 Å². The molecule has 2 aromatic heterocycles. The second kappa shape index (κ2) is 11.4. The summed E-state index contributed by atoms with van der Waals surface area (Å²) < 4.78 is 50.2. The number of carboxylic acids is 1. The maximum atomic E-state index is 16.5. The van der Waals surface area contributed by atoms with E-state index >= 15 is 4.39 Å². The Morgan fingerprint density at radius 2 is 2.04 bits per heavy atom. The minimum atomic E-state index is -1.61. The Balaban J connectivity index is 1.04. The number of halogens is 2. The van der Waals surface area contributed by atoms with Crippen LogP contribution in [0.3, 0.4) is 0 Å². The molecule has 0 bridgehead atoms. The summed E-state index contributed by atoms with van der Waals surface area (Å²) in [7, 11) is 0. The van der Waals surface area contributed by atoms with Gasteiger partial charge in [0.1, 0.15) is 18.0 Å². The summed E-state index contributed by atoms with van der Waals surface area (Å²) >= 11 is 0. The standard InChI is InChI=1S/C32H30F2N6O5/c33-23-13-20(15-35)1-4-26(23)44-18-27-36-10-5-29(38-27)45-32-8-7-31(32,34)19-39(11-9-32)17-28-37-24-3-2-21(30(41)42)14-25(24)40(28)16-22-6-12-43-22/h1-5,10,13-14,22H,6-9,11-12,16-19H2,(H,41,42)/t22-,31+,32+/m0/s1. The molecule has 4 heterocycles. The highest BCUT2D eigenvalue weighted by molar-refractivity contribution is 5.92. The largest absolute Gasteiger partial charge is 0.483 e.